The predicted octanol–water partition coefficient (Wildman–Crippen LogP) is 5.46. The Bertz CT molecular complexity index is 514. The highest BCUT2D eigenvalue weighted by Gasteiger charge is 2.06. The van der Waals surface area contributed by atoms with Crippen LogP contribution in [0.2, 0.25) is 0 Å². The van der Waals surface area contributed by atoms with Crippen molar-refractivity contribution in [3.63, 3.8) is 0 Å². The standard InChI is InChI=1S/C8H17N.C7H15N.C6H13N.C5H11NO.C5H11N.C4H9N/c1-9-7-5-3-2-4-6-8-9;1-8-6-4-2-3-5-7-8;1-7-5-3-2-4-6-7;1-6-2-4-7-5-3-6;1-6-4-2-3-5-6;1-5-3-2-4-5/h2-8H2,1H3;2-7H2,1H3;2-6H2,1H3;2-5H2,1H3;2-5H2,1H3;2-4H2,1H3. The maximum atomic E-state index is 5.10. The van der Waals surface area contributed by atoms with Crippen molar-refractivity contribution in [3.8, 4) is 0 Å². The van der Waals surface area contributed by atoms with E-state index in [0.717, 1.165) is 26.3 Å². The van der Waals surface area contributed by atoms with Crippen LogP contribution in [0.3, 0.4) is 0 Å². The summed E-state index contributed by atoms with van der Waals surface area (Å²) in [7, 11) is 13.1. The van der Waals surface area contributed by atoms with Crippen molar-refractivity contribution in [3.05, 3.63) is 0 Å². The average Bonchev–Trinajstić information content (AvgIpc) is 3.32. The van der Waals surface area contributed by atoms with Crippen LogP contribution in [0.4, 0.5) is 0 Å². The number of rotatable bonds is 0. The Morgan fingerprint density at radius 2 is 0.429 bits per heavy atom. The number of piperidine rings is 1. The van der Waals surface area contributed by atoms with E-state index >= 15 is 0 Å². The van der Waals surface area contributed by atoms with Crippen LogP contribution in [0.5, 0.6) is 0 Å². The zero-order valence-corrected chi connectivity index (χ0v) is 29.6. The molecular weight excluding hydrogens is 520 g/mol. The molecule has 0 aromatic carbocycles. The summed E-state index contributed by atoms with van der Waals surface area (Å²) in [6.07, 6.45) is 21.4. The van der Waals surface area contributed by atoms with E-state index < -0.39 is 0 Å². The highest BCUT2D eigenvalue weighted by Crippen LogP contribution is 2.09. The van der Waals surface area contributed by atoms with Gasteiger partial charge in [-0.3, -0.25) is 0 Å². The van der Waals surface area contributed by atoms with Gasteiger partial charge in [0.1, 0.15) is 0 Å². The maximum absolute atomic E-state index is 5.10. The minimum atomic E-state index is 0.913. The lowest BCUT2D eigenvalue weighted by Gasteiger charge is -2.24. The molecule has 0 atom stereocenters. The first-order valence-electron chi connectivity index (χ1n) is 18.1. The Morgan fingerprint density at radius 3 is 0.619 bits per heavy atom. The summed E-state index contributed by atoms with van der Waals surface area (Å²) in [6.45, 7) is 17.2. The molecule has 6 heterocycles. The van der Waals surface area contributed by atoms with Crippen molar-refractivity contribution in [2.24, 2.45) is 0 Å². The van der Waals surface area contributed by atoms with Crippen molar-refractivity contribution < 1.29 is 4.74 Å². The molecule has 0 N–H and O–H groups in total. The van der Waals surface area contributed by atoms with E-state index in [0.29, 0.717) is 0 Å². The van der Waals surface area contributed by atoms with Gasteiger partial charge in [0.25, 0.3) is 0 Å². The Hall–Kier alpha value is -0.280. The molecule has 0 radical (unpaired) electrons. The fourth-order valence-corrected chi connectivity index (χ4v) is 5.69. The molecule has 7 heteroatoms. The van der Waals surface area contributed by atoms with Crippen molar-refractivity contribution in [2.75, 3.05) is 134 Å². The zero-order valence-electron chi connectivity index (χ0n) is 29.6. The topological polar surface area (TPSA) is 28.7 Å². The van der Waals surface area contributed by atoms with E-state index in [2.05, 4.69) is 71.7 Å². The Morgan fingerprint density at radius 1 is 0.238 bits per heavy atom. The maximum Gasteiger partial charge on any atom is 0.0594 e. The molecule has 0 aliphatic carbocycles. The molecule has 6 saturated heterocycles. The number of hydrogen-bond acceptors (Lipinski definition) is 7. The fraction of sp³-hybridized carbons (Fsp3) is 1.00. The van der Waals surface area contributed by atoms with E-state index in [1.165, 1.54) is 162 Å². The SMILES string of the molecule is CN1CCC1.CN1CCCC1.CN1CCCCC1.CN1CCCCCC1.CN1CCCCCCC1.CN1CCOCC1. The molecule has 42 heavy (non-hydrogen) atoms. The monoisotopic (exact) mass is 597 g/mol. The summed E-state index contributed by atoms with van der Waals surface area (Å²) in [5.41, 5.74) is 0. The van der Waals surface area contributed by atoms with E-state index in [-0.39, 0.29) is 0 Å². The number of morpholine rings is 1. The van der Waals surface area contributed by atoms with Crippen LogP contribution in [0.15, 0.2) is 0 Å². The van der Waals surface area contributed by atoms with E-state index in [9.17, 15) is 0 Å². The first-order valence-corrected chi connectivity index (χ1v) is 18.1. The van der Waals surface area contributed by atoms with Crippen LogP contribution >= 0.6 is 0 Å². The summed E-state index contributed by atoms with van der Waals surface area (Å²) in [5.74, 6) is 0. The summed E-state index contributed by atoms with van der Waals surface area (Å²) < 4.78 is 5.10. The van der Waals surface area contributed by atoms with Gasteiger partial charge in [0.05, 0.1) is 13.2 Å². The molecule has 6 aliphatic heterocycles. The Labute approximate surface area is 264 Å². The van der Waals surface area contributed by atoms with Gasteiger partial charge in [-0.05, 0) is 166 Å². The van der Waals surface area contributed by atoms with Crippen LogP contribution < -0.4 is 0 Å². The third kappa shape index (κ3) is 26.2. The fourth-order valence-electron chi connectivity index (χ4n) is 5.69. The minimum Gasteiger partial charge on any atom is -0.379 e. The van der Waals surface area contributed by atoms with E-state index in [1.807, 2.05) is 0 Å². The van der Waals surface area contributed by atoms with Gasteiger partial charge in [-0.15, -0.1) is 0 Å². The molecule has 252 valence electrons. The lowest BCUT2D eigenvalue weighted by atomic mass is 10.1. The second kappa shape index (κ2) is 28.2. The lowest BCUT2D eigenvalue weighted by molar-refractivity contribution is 0.0503. The van der Waals surface area contributed by atoms with Gasteiger partial charge in [-0.2, -0.15) is 0 Å². The van der Waals surface area contributed by atoms with Gasteiger partial charge in [-0.25, -0.2) is 0 Å². The van der Waals surface area contributed by atoms with E-state index in [1.54, 1.807) is 0 Å². The quantitative estimate of drug-likeness (QED) is 0.367. The van der Waals surface area contributed by atoms with Crippen LogP contribution in [0.25, 0.3) is 0 Å². The summed E-state index contributed by atoms with van der Waals surface area (Å²) in [5, 5.41) is 0. The van der Waals surface area contributed by atoms with Gasteiger partial charge in [0.15, 0.2) is 0 Å². The van der Waals surface area contributed by atoms with Crippen molar-refractivity contribution >= 4 is 0 Å². The molecule has 0 amide bonds. The lowest BCUT2D eigenvalue weighted by Crippen LogP contribution is -2.32. The number of nitrogens with zero attached hydrogens (tertiary/aromatic N) is 6. The average molecular weight is 597 g/mol. The van der Waals surface area contributed by atoms with Gasteiger partial charge in [0, 0.05) is 13.1 Å². The summed E-state index contributed by atoms with van der Waals surface area (Å²) in [4.78, 5) is 14.2. The van der Waals surface area contributed by atoms with Gasteiger partial charge < -0.3 is 34.1 Å². The second-order valence-electron chi connectivity index (χ2n) is 13.7. The molecule has 6 fully saturated rings. The summed E-state index contributed by atoms with van der Waals surface area (Å²) >= 11 is 0. The molecule has 0 unspecified atom stereocenters. The largest absolute Gasteiger partial charge is 0.379 e. The van der Waals surface area contributed by atoms with Gasteiger partial charge in [0.2, 0.25) is 0 Å². The first kappa shape index (κ1) is 39.7. The number of ether oxygens (including phenoxy) is 1. The second-order valence-corrected chi connectivity index (χ2v) is 13.7. The molecular formula is C35H76N6O. The third-order valence-corrected chi connectivity index (χ3v) is 9.13. The third-order valence-electron chi connectivity index (χ3n) is 9.13. The van der Waals surface area contributed by atoms with Crippen LogP contribution in [-0.4, -0.2) is 163 Å². The molecule has 0 saturated carbocycles. The zero-order chi connectivity index (χ0) is 30.7. The van der Waals surface area contributed by atoms with Crippen LogP contribution in [0.1, 0.15) is 96.3 Å². The predicted molar refractivity (Wildman–Crippen MR) is 185 cm³/mol. The highest BCUT2D eigenvalue weighted by molar-refractivity contribution is 4.62. The number of likely N-dealkylation sites (tertiary alicyclic amines) is 5. The molecule has 6 aliphatic rings. The molecule has 0 aromatic rings. The van der Waals surface area contributed by atoms with Gasteiger partial charge >= 0.3 is 0 Å². The normalized spacial score (nSPS) is 25.3. The summed E-state index contributed by atoms with van der Waals surface area (Å²) in [6, 6.07) is 0. The van der Waals surface area contributed by atoms with Crippen LogP contribution in [-0.2, 0) is 4.74 Å². The molecule has 0 aromatic heterocycles. The van der Waals surface area contributed by atoms with Crippen molar-refractivity contribution in [1.82, 2.24) is 29.4 Å². The number of likely N-dealkylation sites (N-methyl/N-ethyl adjacent to an activating group) is 1. The first-order chi connectivity index (χ1) is 20.4. The molecule has 0 spiro atoms. The highest BCUT2D eigenvalue weighted by atomic mass is 16.5. The molecule has 6 rings (SSSR count). The number of hydrogen-bond donors (Lipinski definition) is 0. The smallest absolute Gasteiger partial charge is 0.0594 e. The molecule has 7 nitrogen and oxygen atoms in total. The van der Waals surface area contributed by atoms with Crippen molar-refractivity contribution in [2.45, 2.75) is 96.3 Å². The Kier molecular flexibility index (Phi) is 26.7. The van der Waals surface area contributed by atoms with E-state index in [4.69, 9.17) is 4.74 Å². The van der Waals surface area contributed by atoms with Crippen LogP contribution in [0, 0.1) is 0 Å². The Balaban J connectivity index is 0.000000254. The van der Waals surface area contributed by atoms with Gasteiger partial charge in [-0.1, -0.05) is 38.5 Å². The molecule has 0 bridgehead atoms. The van der Waals surface area contributed by atoms with Crippen molar-refractivity contribution in [1.29, 1.82) is 0 Å². The minimum absolute atomic E-state index is 0.913.